The Morgan fingerprint density at radius 3 is 1.52 bits per heavy atom. The highest BCUT2D eigenvalue weighted by molar-refractivity contribution is 7.86. The quantitative estimate of drug-likeness (QED) is 0.150. The highest BCUT2D eigenvalue weighted by atomic mass is 32.1. The summed E-state index contributed by atoms with van der Waals surface area (Å²) in [6, 6.07) is 68.8. The van der Waals surface area contributed by atoms with Crippen molar-refractivity contribution in [1.82, 2.24) is 0 Å². The second kappa shape index (κ2) is 13.8. The Hall–Kier alpha value is -5.99. The third-order valence-corrected chi connectivity index (χ3v) is 16.8. The molecule has 4 heteroatoms. The van der Waals surface area contributed by atoms with Gasteiger partial charge in [0.05, 0.1) is 0 Å². The van der Waals surface area contributed by atoms with Crippen molar-refractivity contribution in [3.05, 3.63) is 216 Å². The van der Waals surface area contributed by atoms with Gasteiger partial charge in [-0.3, -0.25) is 0 Å². The lowest BCUT2D eigenvalue weighted by Crippen LogP contribution is -2.36. The third kappa shape index (κ3) is 5.71. The van der Waals surface area contributed by atoms with Crippen LogP contribution in [0.5, 0.6) is 0 Å². The average Bonchev–Trinajstić information content (AvgIpc) is 3.65. The van der Waals surface area contributed by atoms with E-state index in [1.165, 1.54) is 32.3 Å². The van der Waals surface area contributed by atoms with E-state index in [0.29, 0.717) is 0 Å². The number of para-hydroxylation sites is 2. The second-order valence-corrected chi connectivity index (χ2v) is 20.3. The highest BCUT2D eigenvalue weighted by Gasteiger charge is 2.42. The maximum atomic E-state index is 16.1. The van der Waals surface area contributed by atoms with Gasteiger partial charge in [0.2, 0.25) is 0 Å². The van der Waals surface area contributed by atoms with Gasteiger partial charge in [-0.2, -0.15) is 0 Å². The van der Waals surface area contributed by atoms with Crippen LogP contribution >= 0.6 is 18.5 Å². The van der Waals surface area contributed by atoms with Gasteiger partial charge in [0, 0.05) is 64.0 Å². The molecule has 0 atom stereocenters. The molecule has 10 rings (SSSR count). The Kier molecular flexibility index (Phi) is 8.68. The van der Waals surface area contributed by atoms with Crippen molar-refractivity contribution in [2.24, 2.45) is 0 Å². The first-order chi connectivity index (χ1) is 28.2. The molecule has 282 valence electrons. The first-order valence-corrected chi connectivity index (χ1v) is 22.6. The molecule has 0 N–H and O–H groups in total. The van der Waals surface area contributed by atoms with E-state index < -0.39 is 7.14 Å². The van der Waals surface area contributed by atoms with Crippen molar-refractivity contribution in [3.8, 4) is 11.1 Å². The van der Waals surface area contributed by atoms with Gasteiger partial charge in [-0.25, -0.2) is 0 Å². The summed E-state index contributed by atoms with van der Waals surface area (Å²) in [5, 5.41) is 4.94. The summed E-state index contributed by atoms with van der Waals surface area (Å²) in [4.78, 5) is 2.35. The minimum Gasteiger partial charge on any atom is -0.310 e. The molecule has 1 aliphatic rings. The molecule has 0 unspecified atom stereocenters. The van der Waals surface area contributed by atoms with Crippen molar-refractivity contribution in [2.75, 3.05) is 4.90 Å². The molecule has 0 spiro atoms. The first-order valence-electron chi connectivity index (χ1n) is 20.0. The van der Waals surface area contributed by atoms with Crippen LogP contribution in [0.25, 0.3) is 31.3 Å². The molecule has 9 aromatic rings. The molecule has 0 amide bonds. The van der Waals surface area contributed by atoms with Crippen LogP contribution in [0.15, 0.2) is 194 Å². The van der Waals surface area contributed by atoms with Crippen LogP contribution in [0, 0.1) is 0 Å². The Morgan fingerprint density at radius 2 is 0.931 bits per heavy atom. The molecule has 0 saturated carbocycles. The maximum absolute atomic E-state index is 16.1. The van der Waals surface area contributed by atoms with Crippen molar-refractivity contribution >= 4 is 71.6 Å². The SMILES string of the molecule is CC1(C)c2ccc(N(c3ccccc3)c3ccccc3)cc2C(C)(C)c2ccc(-c3cc(P(=O)(c4ccccc4)c4ccccc4)c4sc5ccccc5c4c3)cc21. The standard InChI is InChI=1S/C54H44NOPS/c1-53(2)47-32-30-41(55(39-19-9-5-10-20-39)40-21-11-6-12-22-40)36-49(47)54(3,4)46-31-29-37(34-48(46)53)38-33-45-44-27-17-18-28-51(44)58-52(45)50(35-38)57(56,42-23-13-7-14-24-42)43-25-15-8-16-26-43/h5-36H,1-4H3. The van der Waals surface area contributed by atoms with E-state index in [1.807, 2.05) is 60.7 Å². The van der Waals surface area contributed by atoms with Crippen molar-refractivity contribution in [3.63, 3.8) is 0 Å². The minimum atomic E-state index is -3.29. The first kappa shape index (κ1) is 36.4. The average molecular weight is 786 g/mol. The van der Waals surface area contributed by atoms with Crippen LogP contribution < -0.4 is 20.8 Å². The van der Waals surface area contributed by atoms with Gasteiger partial charge in [0.1, 0.15) is 0 Å². The zero-order chi connectivity index (χ0) is 39.6. The molecule has 1 heterocycles. The van der Waals surface area contributed by atoms with Crippen LogP contribution in [0.2, 0.25) is 0 Å². The highest BCUT2D eigenvalue weighted by Crippen LogP contribution is 2.53. The van der Waals surface area contributed by atoms with E-state index in [2.05, 4.69) is 166 Å². The zero-order valence-electron chi connectivity index (χ0n) is 33.2. The molecular formula is C54H44NOPS. The molecule has 2 nitrogen and oxygen atoms in total. The summed E-state index contributed by atoms with van der Waals surface area (Å²) >= 11 is 1.75. The number of thiophene rings is 1. The third-order valence-electron chi connectivity index (χ3n) is 12.4. The minimum absolute atomic E-state index is 0.261. The number of hydrogen-bond donors (Lipinski definition) is 0. The molecule has 1 aliphatic carbocycles. The molecule has 58 heavy (non-hydrogen) atoms. The summed E-state index contributed by atoms with van der Waals surface area (Å²) in [6.07, 6.45) is 0. The molecule has 1 aromatic heterocycles. The smallest absolute Gasteiger partial charge is 0.172 e. The van der Waals surface area contributed by atoms with Crippen LogP contribution in [0.1, 0.15) is 49.9 Å². The fourth-order valence-corrected chi connectivity index (χ4v) is 13.7. The van der Waals surface area contributed by atoms with Gasteiger partial charge in [-0.15, -0.1) is 11.3 Å². The molecule has 0 bridgehead atoms. The fourth-order valence-electron chi connectivity index (χ4n) is 9.32. The lowest BCUT2D eigenvalue weighted by Gasteiger charge is -2.44. The van der Waals surface area contributed by atoms with Crippen molar-refractivity contribution in [1.29, 1.82) is 0 Å². The number of nitrogens with zero attached hydrogens (tertiary/aromatic N) is 1. The van der Waals surface area contributed by atoms with E-state index >= 15 is 4.57 Å². The fraction of sp³-hybridized carbons (Fsp3) is 0.111. The van der Waals surface area contributed by atoms with Crippen LogP contribution in [-0.2, 0) is 15.4 Å². The number of benzene rings is 8. The predicted molar refractivity (Wildman–Crippen MR) is 250 cm³/mol. The van der Waals surface area contributed by atoms with Crippen LogP contribution in [0.3, 0.4) is 0 Å². The Balaban J connectivity index is 1.16. The predicted octanol–water partition coefficient (Wildman–Crippen LogP) is 13.8. The summed E-state index contributed by atoms with van der Waals surface area (Å²) in [5.74, 6) is 0. The molecular weight excluding hydrogens is 742 g/mol. The topological polar surface area (TPSA) is 20.3 Å². The van der Waals surface area contributed by atoms with Gasteiger partial charge in [0.25, 0.3) is 0 Å². The Morgan fingerprint density at radius 1 is 0.431 bits per heavy atom. The lowest BCUT2D eigenvalue weighted by molar-refractivity contribution is 0.521. The largest absolute Gasteiger partial charge is 0.310 e. The van der Waals surface area contributed by atoms with Crippen LogP contribution in [0.4, 0.5) is 17.1 Å². The molecule has 0 radical (unpaired) electrons. The molecule has 0 saturated heterocycles. The van der Waals surface area contributed by atoms with E-state index in [0.717, 1.165) is 54.2 Å². The summed E-state index contributed by atoms with van der Waals surface area (Å²) in [6.45, 7) is 9.48. The van der Waals surface area contributed by atoms with E-state index in [9.17, 15) is 0 Å². The van der Waals surface area contributed by atoms with E-state index in [1.54, 1.807) is 11.3 Å². The van der Waals surface area contributed by atoms with Gasteiger partial charge >= 0.3 is 0 Å². The summed E-state index contributed by atoms with van der Waals surface area (Å²) in [7, 11) is -3.29. The Labute approximate surface area is 345 Å². The number of hydrogen-bond acceptors (Lipinski definition) is 3. The van der Waals surface area contributed by atoms with Gasteiger partial charge in [0.15, 0.2) is 7.14 Å². The van der Waals surface area contributed by atoms with Gasteiger partial charge in [-0.05, 0) is 94.0 Å². The number of fused-ring (bicyclic) bond motifs is 5. The van der Waals surface area contributed by atoms with Gasteiger partial charge in [-0.1, -0.05) is 161 Å². The van der Waals surface area contributed by atoms with Crippen LogP contribution in [-0.4, -0.2) is 0 Å². The lowest BCUT2D eigenvalue weighted by atomic mass is 9.59. The Bertz CT molecular complexity index is 2940. The molecule has 8 aromatic carbocycles. The number of rotatable bonds is 7. The van der Waals surface area contributed by atoms with Gasteiger partial charge < -0.3 is 9.46 Å². The monoisotopic (exact) mass is 785 g/mol. The number of anilines is 3. The van der Waals surface area contributed by atoms with Crippen molar-refractivity contribution in [2.45, 2.75) is 38.5 Å². The van der Waals surface area contributed by atoms with E-state index in [4.69, 9.17) is 0 Å². The normalized spacial score (nSPS) is 14.2. The zero-order valence-corrected chi connectivity index (χ0v) is 34.9. The summed E-state index contributed by atoms with van der Waals surface area (Å²) in [5.41, 5.74) is 10.4. The van der Waals surface area contributed by atoms with E-state index in [-0.39, 0.29) is 10.8 Å². The molecule has 0 aliphatic heterocycles. The molecule has 0 fully saturated rings. The van der Waals surface area contributed by atoms with Crippen molar-refractivity contribution < 1.29 is 4.57 Å². The maximum Gasteiger partial charge on any atom is 0.172 e. The second-order valence-electron chi connectivity index (χ2n) is 16.5. The summed E-state index contributed by atoms with van der Waals surface area (Å²) < 4.78 is 18.4.